The minimum Gasteiger partial charge on any atom is -0.310 e. The normalized spacial score (nSPS) is 12.2. The smallest absolute Gasteiger partial charge is 0.0713 e. The van der Waals surface area contributed by atoms with Crippen molar-refractivity contribution in [2.75, 3.05) is 4.90 Å². The van der Waals surface area contributed by atoms with Crippen LogP contribution in [0.25, 0.3) is 88.7 Å². The maximum Gasteiger partial charge on any atom is 0.0713 e. The molecule has 13 aromatic carbocycles. The van der Waals surface area contributed by atoms with Gasteiger partial charge >= 0.3 is 0 Å². The first-order chi connectivity index (χ1) is 38.7. The van der Waals surface area contributed by atoms with E-state index in [4.69, 9.17) is 0 Å². The average Bonchev–Trinajstić information content (AvgIpc) is 3.81. The molecule has 1 heteroatoms. The first-order valence-electron chi connectivity index (χ1n) is 27.0. The molecular weight excluding hydrogens is 939 g/mol. The number of fused-ring (bicyclic) bond motifs is 4. The number of anilines is 3. The summed E-state index contributed by atoms with van der Waals surface area (Å²) < 4.78 is 0. The Morgan fingerprint density at radius 2 is 0.628 bits per heavy atom. The molecular formula is C77H53N. The van der Waals surface area contributed by atoms with Crippen LogP contribution in [0, 0.1) is 0 Å². The summed E-state index contributed by atoms with van der Waals surface area (Å²) in [6.07, 6.45) is 0. The van der Waals surface area contributed by atoms with Gasteiger partial charge in [-0.2, -0.15) is 0 Å². The van der Waals surface area contributed by atoms with E-state index in [9.17, 15) is 0 Å². The molecule has 0 atom stereocenters. The average molecular weight is 992 g/mol. The zero-order valence-corrected chi connectivity index (χ0v) is 43.0. The fraction of sp³-hybridized carbons (Fsp3) is 0.0130. The van der Waals surface area contributed by atoms with Crippen LogP contribution in [0.15, 0.2) is 322 Å². The highest BCUT2D eigenvalue weighted by Crippen LogP contribution is 2.58. The largest absolute Gasteiger partial charge is 0.310 e. The lowest BCUT2D eigenvalue weighted by Gasteiger charge is -2.34. The van der Waals surface area contributed by atoms with Crippen molar-refractivity contribution in [2.45, 2.75) is 5.41 Å². The zero-order valence-electron chi connectivity index (χ0n) is 43.0. The molecule has 0 radical (unpaired) electrons. The third-order valence-electron chi connectivity index (χ3n) is 16.0. The number of nitrogens with zero attached hydrogens (tertiary/aromatic N) is 1. The Morgan fingerprint density at radius 3 is 1.29 bits per heavy atom. The second kappa shape index (κ2) is 19.9. The molecule has 13 aromatic rings. The monoisotopic (exact) mass is 991 g/mol. The highest BCUT2D eigenvalue weighted by atomic mass is 15.1. The highest BCUT2D eigenvalue weighted by molar-refractivity contribution is 5.98. The van der Waals surface area contributed by atoms with E-state index < -0.39 is 5.41 Å². The van der Waals surface area contributed by atoms with Crippen LogP contribution in [-0.4, -0.2) is 0 Å². The van der Waals surface area contributed by atoms with E-state index in [2.05, 4.69) is 326 Å². The lowest BCUT2D eigenvalue weighted by molar-refractivity contribution is 0.768. The molecule has 0 spiro atoms. The Hall–Kier alpha value is -10.1. The summed E-state index contributed by atoms with van der Waals surface area (Å²) in [7, 11) is 0. The standard InChI is InChI=1S/C77H53N/c1-4-21-58(22-5-1)68-30-12-13-31-70(68)71-32-15-17-37-75(71)78(66-48-44-56(45-49-66)55-38-40-57(41-39-55)61-24-18-25-62(52-61)63-43-42-54-20-10-11-23-60(54)53-63)67-50-46-59(47-51-67)69-34-19-36-74-76(69)72-33-14-16-35-73(72)77(74,64-26-6-2-7-27-64)65-28-8-3-9-29-65/h1-53H. The van der Waals surface area contributed by atoms with Crippen LogP contribution >= 0.6 is 0 Å². The van der Waals surface area contributed by atoms with Crippen LogP contribution in [0.1, 0.15) is 22.3 Å². The fourth-order valence-corrected chi connectivity index (χ4v) is 12.3. The van der Waals surface area contributed by atoms with Gasteiger partial charge in [0.15, 0.2) is 0 Å². The summed E-state index contributed by atoms with van der Waals surface area (Å²) in [6.45, 7) is 0. The molecule has 0 saturated carbocycles. The van der Waals surface area contributed by atoms with Crippen LogP contribution in [-0.2, 0) is 5.41 Å². The molecule has 78 heavy (non-hydrogen) atoms. The van der Waals surface area contributed by atoms with Crippen molar-refractivity contribution in [3.05, 3.63) is 344 Å². The van der Waals surface area contributed by atoms with Gasteiger partial charge in [0.2, 0.25) is 0 Å². The van der Waals surface area contributed by atoms with E-state index in [1.807, 2.05) is 0 Å². The predicted molar refractivity (Wildman–Crippen MR) is 329 cm³/mol. The van der Waals surface area contributed by atoms with Gasteiger partial charge in [-0.1, -0.05) is 279 Å². The van der Waals surface area contributed by atoms with Crippen molar-refractivity contribution < 1.29 is 0 Å². The summed E-state index contributed by atoms with van der Waals surface area (Å²) in [5, 5.41) is 2.51. The van der Waals surface area contributed by atoms with Crippen LogP contribution in [0.5, 0.6) is 0 Å². The van der Waals surface area contributed by atoms with Gasteiger partial charge in [-0.25, -0.2) is 0 Å². The van der Waals surface area contributed by atoms with Crippen molar-refractivity contribution >= 4 is 27.8 Å². The number of para-hydroxylation sites is 1. The molecule has 0 amide bonds. The summed E-state index contributed by atoms with van der Waals surface area (Å²) in [5.74, 6) is 0. The van der Waals surface area contributed by atoms with Crippen molar-refractivity contribution in [2.24, 2.45) is 0 Å². The van der Waals surface area contributed by atoms with Gasteiger partial charge in [0, 0.05) is 16.9 Å². The first-order valence-corrected chi connectivity index (χ1v) is 27.0. The quantitative estimate of drug-likeness (QED) is 0.125. The van der Waals surface area contributed by atoms with Crippen molar-refractivity contribution in [1.82, 2.24) is 0 Å². The minimum atomic E-state index is -0.472. The van der Waals surface area contributed by atoms with E-state index in [-0.39, 0.29) is 0 Å². The molecule has 0 fully saturated rings. The molecule has 1 aliphatic carbocycles. The lowest BCUT2D eigenvalue weighted by atomic mass is 9.67. The van der Waals surface area contributed by atoms with Crippen LogP contribution < -0.4 is 4.90 Å². The van der Waals surface area contributed by atoms with E-state index in [0.717, 1.165) is 28.2 Å². The predicted octanol–water partition coefficient (Wildman–Crippen LogP) is 20.7. The molecule has 0 aromatic heterocycles. The molecule has 0 aliphatic heterocycles. The second-order valence-electron chi connectivity index (χ2n) is 20.3. The molecule has 1 nitrogen and oxygen atoms in total. The van der Waals surface area contributed by atoms with Gasteiger partial charge in [0.05, 0.1) is 11.1 Å². The number of hydrogen-bond acceptors (Lipinski definition) is 1. The molecule has 366 valence electrons. The van der Waals surface area contributed by atoms with Crippen LogP contribution in [0.2, 0.25) is 0 Å². The Morgan fingerprint density at radius 1 is 0.218 bits per heavy atom. The van der Waals surface area contributed by atoms with Crippen molar-refractivity contribution in [1.29, 1.82) is 0 Å². The van der Waals surface area contributed by atoms with Gasteiger partial charge in [0.25, 0.3) is 0 Å². The minimum absolute atomic E-state index is 0.472. The van der Waals surface area contributed by atoms with E-state index in [1.165, 1.54) is 99.8 Å². The zero-order chi connectivity index (χ0) is 51.8. The highest BCUT2D eigenvalue weighted by Gasteiger charge is 2.46. The van der Waals surface area contributed by atoms with Crippen molar-refractivity contribution in [3.63, 3.8) is 0 Å². The summed E-state index contributed by atoms with van der Waals surface area (Å²) in [6, 6.07) is 118. The Balaban J connectivity index is 0.852. The molecule has 0 N–H and O–H groups in total. The third kappa shape index (κ3) is 8.12. The number of rotatable bonds is 11. The van der Waals surface area contributed by atoms with E-state index >= 15 is 0 Å². The summed E-state index contributed by atoms with van der Waals surface area (Å²) in [4.78, 5) is 2.43. The van der Waals surface area contributed by atoms with Gasteiger partial charge in [-0.15, -0.1) is 0 Å². The van der Waals surface area contributed by atoms with Gasteiger partial charge in [-0.3, -0.25) is 0 Å². The molecule has 14 rings (SSSR count). The van der Waals surface area contributed by atoms with Gasteiger partial charge < -0.3 is 4.90 Å². The number of hydrogen-bond donors (Lipinski definition) is 0. The second-order valence-corrected chi connectivity index (χ2v) is 20.3. The maximum atomic E-state index is 2.43. The lowest BCUT2D eigenvalue weighted by Crippen LogP contribution is -2.28. The van der Waals surface area contributed by atoms with Gasteiger partial charge in [0.1, 0.15) is 0 Å². The topological polar surface area (TPSA) is 3.24 Å². The third-order valence-corrected chi connectivity index (χ3v) is 16.0. The fourth-order valence-electron chi connectivity index (χ4n) is 12.3. The van der Waals surface area contributed by atoms with Crippen molar-refractivity contribution in [3.8, 4) is 77.9 Å². The van der Waals surface area contributed by atoms with Crippen LogP contribution in [0.3, 0.4) is 0 Å². The summed E-state index contributed by atoms with van der Waals surface area (Å²) >= 11 is 0. The Kier molecular flexibility index (Phi) is 11.8. The molecule has 0 unspecified atom stereocenters. The van der Waals surface area contributed by atoms with E-state index in [1.54, 1.807) is 0 Å². The molecule has 1 aliphatic rings. The Labute approximate surface area is 457 Å². The molecule has 0 saturated heterocycles. The van der Waals surface area contributed by atoms with Crippen LogP contribution in [0.4, 0.5) is 17.1 Å². The van der Waals surface area contributed by atoms with E-state index in [0.29, 0.717) is 0 Å². The first kappa shape index (κ1) is 46.5. The summed E-state index contributed by atoms with van der Waals surface area (Å²) in [5.41, 5.74) is 24.7. The SMILES string of the molecule is c1ccc(-c2ccccc2-c2ccccc2N(c2ccc(-c3ccc(-c4cccc(-c5ccc6ccccc6c5)c4)cc3)cc2)c2ccc(-c3cccc4c3-c3ccccc3C4(c3ccccc3)c3ccccc3)cc2)cc1. The van der Waals surface area contributed by atoms with Gasteiger partial charge in [-0.05, 0) is 148 Å². The number of benzene rings is 13. The molecule has 0 bridgehead atoms. The molecule has 0 heterocycles. The maximum absolute atomic E-state index is 2.43. The Bertz CT molecular complexity index is 4230.